The first-order chi connectivity index (χ1) is 18.0. The van der Waals surface area contributed by atoms with Crippen molar-refractivity contribution in [1.29, 1.82) is 0 Å². The molecule has 4 N–H and O–H groups in total. The highest BCUT2D eigenvalue weighted by Gasteiger charge is 2.22. The fraction of sp³-hybridized carbons (Fsp3) is 0.333. The molecular formula is C27H30FN7O2. The number of anilines is 3. The van der Waals surface area contributed by atoms with Crippen molar-refractivity contribution in [2.45, 2.75) is 24.9 Å². The molecule has 192 valence electrons. The number of likely N-dealkylation sites (tertiary alicyclic amines) is 1. The van der Waals surface area contributed by atoms with Crippen LogP contribution in [0.2, 0.25) is 0 Å². The molecule has 0 bridgehead atoms. The van der Waals surface area contributed by atoms with Crippen molar-refractivity contribution in [2.75, 3.05) is 44.0 Å². The van der Waals surface area contributed by atoms with E-state index in [0.29, 0.717) is 35.3 Å². The van der Waals surface area contributed by atoms with Gasteiger partial charge in [0.15, 0.2) is 0 Å². The van der Waals surface area contributed by atoms with Gasteiger partial charge in [0.25, 0.3) is 5.56 Å². The van der Waals surface area contributed by atoms with Crippen molar-refractivity contribution in [1.82, 2.24) is 24.8 Å². The smallest absolute Gasteiger partial charge is 0.259 e. The summed E-state index contributed by atoms with van der Waals surface area (Å²) >= 11 is 0. The van der Waals surface area contributed by atoms with Gasteiger partial charge >= 0.3 is 0 Å². The van der Waals surface area contributed by atoms with E-state index < -0.39 is 12.8 Å². The summed E-state index contributed by atoms with van der Waals surface area (Å²) in [5.74, 6) is 1.39. The molecule has 3 aromatic heterocycles. The number of hydrogen-bond acceptors (Lipinski definition) is 8. The second-order valence-corrected chi connectivity index (χ2v) is 9.30. The molecule has 37 heavy (non-hydrogen) atoms. The number of alkyl halides is 1. The van der Waals surface area contributed by atoms with E-state index in [4.69, 9.17) is 4.98 Å². The lowest BCUT2D eigenvalue weighted by Crippen LogP contribution is -2.39. The summed E-state index contributed by atoms with van der Waals surface area (Å²) in [6.45, 7) is 1.36. The Morgan fingerprint density at radius 3 is 2.57 bits per heavy atom. The van der Waals surface area contributed by atoms with Gasteiger partial charge in [-0.05, 0) is 67.1 Å². The summed E-state index contributed by atoms with van der Waals surface area (Å²) in [5, 5.41) is 17.0. The van der Waals surface area contributed by atoms with Gasteiger partial charge in [0.05, 0.1) is 17.2 Å². The number of aliphatic hydroxyl groups is 1. The molecule has 4 heterocycles. The summed E-state index contributed by atoms with van der Waals surface area (Å²) in [6, 6.07) is 11.9. The Morgan fingerprint density at radius 1 is 1.16 bits per heavy atom. The van der Waals surface area contributed by atoms with E-state index in [1.807, 2.05) is 24.3 Å². The van der Waals surface area contributed by atoms with Crippen molar-refractivity contribution < 1.29 is 9.50 Å². The maximum Gasteiger partial charge on any atom is 0.259 e. The van der Waals surface area contributed by atoms with Gasteiger partial charge < -0.3 is 25.6 Å². The lowest BCUT2D eigenvalue weighted by molar-refractivity contribution is 0.0780. The summed E-state index contributed by atoms with van der Waals surface area (Å²) in [5.41, 5.74) is 3.24. The van der Waals surface area contributed by atoms with E-state index in [1.165, 1.54) is 5.56 Å². The standard InChI is InChI=1S/C27H30FN7O2/c1-29-27-31-14-20(15-32-27)23-12-19-6-9-30-26(37)24(19)25(34-23)33-21-4-2-17(3-5-21)18-7-10-35(11-8-18)16-22(36)13-28/h2-6,9,12,14-15,18,22,36H,7-8,10-11,13,16H2,1H3,(H,30,37)(H,33,34)(H,29,31,32). The SMILES string of the molecule is CNc1ncc(-c2cc3cc[nH]c(=O)c3c(Nc3ccc(C4CCN(CC(O)CF)CC4)cc3)n2)cn1. The van der Waals surface area contributed by atoms with E-state index in [1.54, 1.807) is 25.6 Å². The van der Waals surface area contributed by atoms with Crippen molar-refractivity contribution in [3.63, 3.8) is 0 Å². The van der Waals surface area contributed by atoms with Gasteiger partial charge in [-0.15, -0.1) is 0 Å². The average molecular weight is 504 g/mol. The molecule has 0 saturated carbocycles. The number of fused-ring (bicyclic) bond motifs is 1. The molecule has 1 aromatic carbocycles. The number of aromatic amines is 1. The van der Waals surface area contributed by atoms with Crippen molar-refractivity contribution in [3.8, 4) is 11.3 Å². The number of nitrogens with one attached hydrogen (secondary N) is 3. The lowest BCUT2D eigenvalue weighted by Gasteiger charge is -2.33. The van der Waals surface area contributed by atoms with Crippen LogP contribution < -0.4 is 16.2 Å². The van der Waals surface area contributed by atoms with E-state index >= 15 is 0 Å². The highest BCUT2D eigenvalue weighted by Crippen LogP contribution is 2.31. The molecule has 0 amide bonds. The number of H-pyrrole nitrogens is 1. The minimum atomic E-state index is -0.905. The third-order valence-corrected chi connectivity index (χ3v) is 6.81. The largest absolute Gasteiger partial charge is 0.389 e. The molecule has 1 saturated heterocycles. The van der Waals surface area contributed by atoms with Gasteiger partial charge in [-0.3, -0.25) is 4.79 Å². The number of β-amino-alcohol motifs (C(OH)–C–C–N with tert-alkyl or cyclic N) is 1. The number of pyridine rings is 2. The van der Waals surface area contributed by atoms with Crippen LogP contribution in [0.3, 0.4) is 0 Å². The maximum atomic E-state index is 12.7. The van der Waals surface area contributed by atoms with E-state index in [0.717, 1.165) is 42.6 Å². The molecule has 0 spiro atoms. The van der Waals surface area contributed by atoms with Crippen LogP contribution >= 0.6 is 0 Å². The Bertz CT molecular complexity index is 1400. The molecule has 1 aliphatic heterocycles. The van der Waals surface area contributed by atoms with Crippen molar-refractivity contribution >= 4 is 28.2 Å². The number of piperidine rings is 1. The number of hydrogen-bond donors (Lipinski definition) is 4. The molecule has 10 heteroatoms. The van der Waals surface area contributed by atoms with Gasteiger partial charge in [-0.1, -0.05) is 12.1 Å². The zero-order valence-corrected chi connectivity index (χ0v) is 20.6. The normalized spacial score (nSPS) is 15.5. The summed E-state index contributed by atoms with van der Waals surface area (Å²) in [6.07, 6.45) is 6.03. The number of benzene rings is 1. The maximum absolute atomic E-state index is 12.7. The Balaban J connectivity index is 1.36. The predicted molar refractivity (Wildman–Crippen MR) is 143 cm³/mol. The quantitative estimate of drug-likeness (QED) is 0.288. The van der Waals surface area contributed by atoms with Gasteiger partial charge in [0, 0.05) is 43.4 Å². The molecular weight excluding hydrogens is 473 g/mol. The second kappa shape index (κ2) is 11.0. The summed E-state index contributed by atoms with van der Waals surface area (Å²) in [4.78, 5) is 30.9. The number of aliphatic hydroxyl groups excluding tert-OH is 1. The predicted octanol–water partition coefficient (Wildman–Crippen LogP) is 3.68. The Labute approximate surface area is 213 Å². The average Bonchev–Trinajstić information content (AvgIpc) is 2.94. The first kappa shape index (κ1) is 24.8. The minimum absolute atomic E-state index is 0.220. The lowest BCUT2D eigenvalue weighted by atomic mass is 9.89. The van der Waals surface area contributed by atoms with Gasteiger partial charge in [0.1, 0.15) is 12.5 Å². The van der Waals surface area contributed by atoms with Crippen molar-refractivity contribution in [3.05, 3.63) is 70.9 Å². The van der Waals surface area contributed by atoms with Crippen LogP contribution in [0.5, 0.6) is 0 Å². The molecule has 1 atom stereocenters. The summed E-state index contributed by atoms with van der Waals surface area (Å²) in [7, 11) is 1.76. The number of halogens is 1. The molecule has 1 fully saturated rings. The number of aromatic nitrogens is 4. The van der Waals surface area contributed by atoms with Crippen LogP contribution in [0.25, 0.3) is 22.0 Å². The topological polar surface area (TPSA) is 119 Å². The van der Waals surface area contributed by atoms with Crippen LogP contribution in [-0.2, 0) is 0 Å². The Morgan fingerprint density at radius 2 is 1.89 bits per heavy atom. The van der Waals surface area contributed by atoms with Crippen LogP contribution in [0.4, 0.5) is 21.8 Å². The van der Waals surface area contributed by atoms with Crippen molar-refractivity contribution in [2.24, 2.45) is 0 Å². The Kier molecular flexibility index (Phi) is 7.38. The third kappa shape index (κ3) is 5.60. The van der Waals surface area contributed by atoms with E-state index in [2.05, 4.69) is 42.6 Å². The van der Waals surface area contributed by atoms with Crippen LogP contribution in [0, 0.1) is 0 Å². The monoisotopic (exact) mass is 503 g/mol. The highest BCUT2D eigenvalue weighted by molar-refractivity contribution is 5.95. The Hall–Kier alpha value is -3.89. The molecule has 0 radical (unpaired) electrons. The van der Waals surface area contributed by atoms with Crippen LogP contribution in [0.1, 0.15) is 24.3 Å². The molecule has 5 rings (SSSR count). The zero-order chi connectivity index (χ0) is 25.8. The van der Waals surface area contributed by atoms with Crippen LogP contribution in [0.15, 0.2) is 59.8 Å². The molecule has 1 aliphatic rings. The van der Waals surface area contributed by atoms with Gasteiger partial charge in [-0.2, -0.15) is 0 Å². The number of nitrogens with zero attached hydrogens (tertiary/aromatic N) is 4. The molecule has 9 nitrogen and oxygen atoms in total. The fourth-order valence-corrected chi connectivity index (χ4v) is 4.81. The molecule has 0 aliphatic carbocycles. The molecule has 1 unspecified atom stereocenters. The van der Waals surface area contributed by atoms with Crippen LogP contribution in [-0.4, -0.2) is 69.4 Å². The highest BCUT2D eigenvalue weighted by atomic mass is 19.1. The molecule has 4 aromatic rings. The van der Waals surface area contributed by atoms with E-state index in [-0.39, 0.29) is 5.56 Å². The van der Waals surface area contributed by atoms with E-state index in [9.17, 15) is 14.3 Å². The second-order valence-electron chi connectivity index (χ2n) is 9.30. The first-order valence-corrected chi connectivity index (χ1v) is 12.4. The third-order valence-electron chi connectivity index (χ3n) is 6.81. The number of rotatable bonds is 8. The van der Waals surface area contributed by atoms with Gasteiger partial charge in [-0.25, -0.2) is 19.3 Å². The zero-order valence-electron chi connectivity index (χ0n) is 20.6. The fourth-order valence-electron chi connectivity index (χ4n) is 4.81. The van der Waals surface area contributed by atoms with Gasteiger partial charge in [0.2, 0.25) is 5.95 Å². The minimum Gasteiger partial charge on any atom is -0.389 e. The first-order valence-electron chi connectivity index (χ1n) is 12.4. The summed E-state index contributed by atoms with van der Waals surface area (Å²) < 4.78 is 12.6.